The molecule has 0 unspecified atom stereocenters. The van der Waals surface area contributed by atoms with Crippen molar-refractivity contribution in [2.24, 2.45) is 0 Å². The van der Waals surface area contributed by atoms with E-state index in [4.69, 9.17) is 4.98 Å². The SMILES string of the molecule is Cc1ccc(-c2c(C)ncnc2C)c(C=Cc2ccc3cnccc3c2)n1. The zero-order valence-corrected chi connectivity index (χ0v) is 15.6. The Balaban J connectivity index is 1.79. The highest BCUT2D eigenvalue weighted by atomic mass is 14.8. The van der Waals surface area contributed by atoms with E-state index in [2.05, 4.69) is 51.4 Å². The van der Waals surface area contributed by atoms with Crippen molar-refractivity contribution in [3.8, 4) is 11.1 Å². The second kappa shape index (κ2) is 7.08. The van der Waals surface area contributed by atoms with Crippen LogP contribution in [0.3, 0.4) is 0 Å². The minimum absolute atomic E-state index is 0.922. The van der Waals surface area contributed by atoms with Crippen molar-refractivity contribution in [2.45, 2.75) is 20.8 Å². The number of benzene rings is 1. The van der Waals surface area contributed by atoms with Gasteiger partial charge >= 0.3 is 0 Å². The number of nitrogens with zero attached hydrogens (tertiary/aromatic N) is 4. The zero-order chi connectivity index (χ0) is 18.8. The molecule has 0 aliphatic carbocycles. The minimum Gasteiger partial charge on any atom is -0.264 e. The van der Waals surface area contributed by atoms with Crippen molar-refractivity contribution < 1.29 is 0 Å². The lowest BCUT2D eigenvalue weighted by Crippen LogP contribution is -1.98. The molecule has 0 N–H and O–H groups in total. The van der Waals surface area contributed by atoms with Crippen molar-refractivity contribution in [1.82, 2.24) is 19.9 Å². The molecular weight excluding hydrogens is 332 g/mol. The number of aryl methyl sites for hydroxylation is 3. The van der Waals surface area contributed by atoms with Crippen LogP contribution in [0.4, 0.5) is 0 Å². The first-order valence-electron chi connectivity index (χ1n) is 8.90. The highest BCUT2D eigenvalue weighted by Gasteiger charge is 2.12. The number of aromatic nitrogens is 4. The van der Waals surface area contributed by atoms with Crippen LogP contribution in [0.1, 0.15) is 28.3 Å². The Morgan fingerprint density at radius 1 is 0.815 bits per heavy atom. The summed E-state index contributed by atoms with van der Waals surface area (Å²) in [6.07, 6.45) is 9.46. The Labute approximate surface area is 158 Å². The van der Waals surface area contributed by atoms with Crippen LogP contribution in [0.25, 0.3) is 34.1 Å². The fraction of sp³-hybridized carbons (Fsp3) is 0.130. The smallest absolute Gasteiger partial charge is 0.115 e. The van der Waals surface area contributed by atoms with Gasteiger partial charge in [0.1, 0.15) is 6.33 Å². The predicted molar refractivity (Wildman–Crippen MR) is 110 cm³/mol. The van der Waals surface area contributed by atoms with Crippen LogP contribution in [-0.4, -0.2) is 19.9 Å². The van der Waals surface area contributed by atoms with Crippen molar-refractivity contribution in [3.05, 3.63) is 83.5 Å². The standard InChI is InChI=1S/C23H20N4/c1-15-4-8-21(23-16(2)25-14-26-17(23)3)22(27-15)9-6-18-5-7-20-13-24-11-10-19(20)12-18/h4-14H,1-3H3. The van der Waals surface area contributed by atoms with Gasteiger partial charge in [0, 0.05) is 46.0 Å². The molecule has 0 spiro atoms. The second-order valence-corrected chi connectivity index (χ2v) is 6.62. The van der Waals surface area contributed by atoms with Gasteiger partial charge in [0.2, 0.25) is 0 Å². The third-order valence-corrected chi connectivity index (χ3v) is 4.66. The molecule has 0 atom stereocenters. The molecule has 0 saturated carbocycles. The third kappa shape index (κ3) is 3.47. The van der Waals surface area contributed by atoms with E-state index in [0.29, 0.717) is 0 Å². The summed E-state index contributed by atoms with van der Waals surface area (Å²) in [6.45, 7) is 6.02. The average Bonchev–Trinajstić information content (AvgIpc) is 2.67. The summed E-state index contributed by atoms with van der Waals surface area (Å²) in [7, 11) is 0. The largest absolute Gasteiger partial charge is 0.264 e. The average molecular weight is 352 g/mol. The second-order valence-electron chi connectivity index (χ2n) is 6.62. The van der Waals surface area contributed by atoms with Crippen molar-refractivity contribution in [3.63, 3.8) is 0 Å². The van der Waals surface area contributed by atoms with Gasteiger partial charge < -0.3 is 0 Å². The summed E-state index contributed by atoms with van der Waals surface area (Å²) in [5, 5.41) is 2.31. The first kappa shape index (κ1) is 17.0. The molecule has 4 nitrogen and oxygen atoms in total. The molecule has 132 valence electrons. The highest BCUT2D eigenvalue weighted by molar-refractivity contribution is 5.86. The van der Waals surface area contributed by atoms with E-state index < -0.39 is 0 Å². The lowest BCUT2D eigenvalue weighted by Gasteiger charge is -2.11. The zero-order valence-electron chi connectivity index (χ0n) is 15.6. The summed E-state index contributed by atoms with van der Waals surface area (Å²) < 4.78 is 0. The topological polar surface area (TPSA) is 51.6 Å². The maximum absolute atomic E-state index is 4.76. The van der Waals surface area contributed by atoms with Gasteiger partial charge in [-0.05, 0) is 56.0 Å². The van der Waals surface area contributed by atoms with E-state index in [1.54, 1.807) is 6.33 Å². The monoisotopic (exact) mass is 352 g/mol. The molecule has 0 aliphatic heterocycles. The van der Waals surface area contributed by atoms with Crippen molar-refractivity contribution >= 4 is 22.9 Å². The number of pyridine rings is 2. The summed E-state index contributed by atoms with van der Waals surface area (Å²) in [5.41, 5.74) is 7.05. The number of fused-ring (bicyclic) bond motifs is 1. The maximum Gasteiger partial charge on any atom is 0.115 e. The quantitative estimate of drug-likeness (QED) is 0.509. The summed E-state index contributed by atoms with van der Waals surface area (Å²) in [5.74, 6) is 0. The van der Waals surface area contributed by atoms with Gasteiger partial charge in [0.15, 0.2) is 0 Å². The summed E-state index contributed by atoms with van der Waals surface area (Å²) in [4.78, 5) is 17.7. The van der Waals surface area contributed by atoms with Gasteiger partial charge in [-0.25, -0.2) is 9.97 Å². The van der Waals surface area contributed by atoms with Crippen LogP contribution in [0.5, 0.6) is 0 Å². The molecule has 0 amide bonds. The first-order chi connectivity index (χ1) is 13.1. The van der Waals surface area contributed by atoms with Crippen molar-refractivity contribution in [2.75, 3.05) is 0 Å². The third-order valence-electron chi connectivity index (χ3n) is 4.66. The van der Waals surface area contributed by atoms with E-state index >= 15 is 0 Å². The number of hydrogen-bond acceptors (Lipinski definition) is 4. The predicted octanol–water partition coefficient (Wildman–Crippen LogP) is 5.18. The Kier molecular flexibility index (Phi) is 4.47. The summed E-state index contributed by atoms with van der Waals surface area (Å²) in [6, 6.07) is 12.5. The Hall–Kier alpha value is -3.40. The maximum atomic E-state index is 4.76. The lowest BCUT2D eigenvalue weighted by atomic mass is 9.99. The van der Waals surface area contributed by atoms with E-state index in [0.717, 1.165) is 44.9 Å². The van der Waals surface area contributed by atoms with Crippen LogP contribution < -0.4 is 0 Å². The number of rotatable bonds is 3. The normalized spacial score (nSPS) is 11.4. The van der Waals surface area contributed by atoms with Crippen LogP contribution in [0, 0.1) is 20.8 Å². The van der Waals surface area contributed by atoms with Crippen LogP contribution in [0.2, 0.25) is 0 Å². The van der Waals surface area contributed by atoms with Gasteiger partial charge in [-0.15, -0.1) is 0 Å². The molecule has 0 saturated heterocycles. The van der Waals surface area contributed by atoms with E-state index in [1.807, 2.05) is 45.3 Å². The van der Waals surface area contributed by atoms with Crippen LogP contribution in [-0.2, 0) is 0 Å². The molecule has 0 aliphatic rings. The van der Waals surface area contributed by atoms with Gasteiger partial charge in [-0.1, -0.05) is 24.3 Å². The Bertz CT molecular complexity index is 1140. The molecule has 1 aromatic carbocycles. The van der Waals surface area contributed by atoms with E-state index in [9.17, 15) is 0 Å². The molecule has 27 heavy (non-hydrogen) atoms. The first-order valence-corrected chi connectivity index (χ1v) is 8.90. The van der Waals surface area contributed by atoms with Gasteiger partial charge in [0.25, 0.3) is 0 Å². The van der Waals surface area contributed by atoms with Crippen molar-refractivity contribution in [1.29, 1.82) is 0 Å². The molecule has 3 heterocycles. The molecule has 4 rings (SSSR count). The molecule has 4 heteroatoms. The number of hydrogen-bond donors (Lipinski definition) is 0. The van der Waals surface area contributed by atoms with Gasteiger partial charge in [0.05, 0.1) is 5.69 Å². The molecule has 4 aromatic rings. The van der Waals surface area contributed by atoms with Gasteiger partial charge in [-0.3, -0.25) is 9.97 Å². The Morgan fingerprint density at radius 2 is 1.63 bits per heavy atom. The summed E-state index contributed by atoms with van der Waals surface area (Å²) >= 11 is 0. The lowest BCUT2D eigenvalue weighted by molar-refractivity contribution is 1.05. The van der Waals surface area contributed by atoms with Gasteiger partial charge in [-0.2, -0.15) is 0 Å². The fourth-order valence-electron chi connectivity index (χ4n) is 3.28. The molecule has 0 fully saturated rings. The Morgan fingerprint density at radius 3 is 2.44 bits per heavy atom. The fourth-order valence-corrected chi connectivity index (χ4v) is 3.28. The molecule has 3 aromatic heterocycles. The van der Waals surface area contributed by atoms with Crippen LogP contribution >= 0.6 is 0 Å². The highest BCUT2D eigenvalue weighted by Crippen LogP contribution is 2.28. The minimum atomic E-state index is 0.922. The molecule has 0 bridgehead atoms. The van der Waals surface area contributed by atoms with Crippen LogP contribution in [0.15, 0.2) is 55.1 Å². The molecular formula is C23H20N4. The van der Waals surface area contributed by atoms with E-state index in [-0.39, 0.29) is 0 Å². The molecule has 0 radical (unpaired) electrons. The van der Waals surface area contributed by atoms with E-state index in [1.165, 1.54) is 5.39 Å².